The van der Waals surface area contributed by atoms with Crippen molar-refractivity contribution < 1.29 is 15.2 Å². The van der Waals surface area contributed by atoms with Crippen LogP contribution in [0, 0.1) is 6.66 Å². The van der Waals surface area contributed by atoms with Crippen LogP contribution in [-0.4, -0.2) is 0 Å². The molecular formula is C19H17AuCl3P. The van der Waals surface area contributed by atoms with Gasteiger partial charge in [0.05, 0.1) is 15.9 Å². The molecule has 0 heterocycles. The van der Waals surface area contributed by atoms with Crippen LogP contribution in [0.15, 0.2) is 91.0 Å². The summed E-state index contributed by atoms with van der Waals surface area (Å²) in [6, 6.07) is 31.9. The van der Waals surface area contributed by atoms with Crippen molar-refractivity contribution in [3.63, 3.8) is 0 Å². The van der Waals surface area contributed by atoms with Gasteiger partial charge < -0.3 is 0 Å². The second kappa shape index (κ2) is 10.00. The average Bonchev–Trinajstić information content (AvgIpc) is 2.63. The summed E-state index contributed by atoms with van der Waals surface area (Å²) in [4.78, 5) is 0. The fourth-order valence-corrected chi connectivity index (χ4v) is 5.43. The molecule has 0 saturated carbocycles. The Hall–Kier alpha value is -0.300. The van der Waals surface area contributed by atoms with E-state index in [1.54, 1.807) is 0 Å². The van der Waals surface area contributed by atoms with Crippen molar-refractivity contribution in [2.75, 3.05) is 0 Å². The van der Waals surface area contributed by atoms with Gasteiger partial charge in [-0.15, -0.1) is 0 Å². The van der Waals surface area contributed by atoms with E-state index in [0.717, 1.165) is 0 Å². The van der Waals surface area contributed by atoms with Crippen LogP contribution in [0.4, 0.5) is 0 Å². The Morgan fingerprint density at radius 3 is 0.958 bits per heavy atom. The summed E-state index contributed by atoms with van der Waals surface area (Å²) < 4.78 is 0. The van der Waals surface area contributed by atoms with E-state index in [1.165, 1.54) is 15.9 Å². The Balaban J connectivity index is 0.000000471. The van der Waals surface area contributed by atoms with Crippen molar-refractivity contribution in [3.05, 3.63) is 97.7 Å². The molecule has 3 aromatic carbocycles. The van der Waals surface area contributed by atoms with Gasteiger partial charge in [0.1, 0.15) is 0 Å². The first-order chi connectivity index (χ1) is 11.5. The molecule has 0 N–H and O–H groups in total. The zero-order chi connectivity index (χ0) is 17.4. The maximum atomic E-state index is 4.95. The molecule has 0 aliphatic heterocycles. The van der Waals surface area contributed by atoms with Crippen molar-refractivity contribution in [2.24, 2.45) is 0 Å². The van der Waals surface area contributed by atoms with Gasteiger partial charge in [0.2, 0.25) is 0 Å². The Bertz CT molecular complexity index is 622. The van der Waals surface area contributed by atoms with Crippen LogP contribution in [0.1, 0.15) is 0 Å². The topological polar surface area (TPSA) is 0 Å². The molecule has 3 rings (SSSR count). The molecule has 0 bridgehead atoms. The predicted octanol–water partition coefficient (Wildman–Crippen LogP) is 5.84. The van der Waals surface area contributed by atoms with Gasteiger partial charge in [-0.25, -0.2) is 0 Å². The molecular weight excluding hydrogens is 563 g/mol. The number of hydrogen-bond acceptors (Lipinski definition) is 0. The van der Waals surface area contributed by atoms with Gasteiger partial charge in [0.15, 0.2) is 0 Å². The van der Waals surface area contributed by atoms with E-state index < -0.39 is 22.5 Å². The van der Waals surface area contributed by atoms with Crippen molar-refractivity contribution in [1.29, 1.82) is 0 Å². The Labute approximate surface area is 162 Å². The molecule has 0 aliphatic rings. The van der Waals surface area contributed by atoms with E-state index in [1.807, 2.05) is 0 Å². The molecule has 5 heteroatoms. The SMILES string of the molecule is [CH2-][P+](c1ccccc1)(c1ccccc1)c1ccccc1.[Cl][Au]([Cl])[Cl]. The first-order valence-electron chi connectivity index (χ1n) is 7.06. The van der Waals surface area contributed by atoms with Crippen LogP contribution in [0.5, 0.6) is 0 Å². The second-order valence-corrected chi connectivity index (χ2v) is 17.5. The standard InChI is InChI=1S/C19H17P.Au.3ClH/c1-20(17-11-5-2-6-12-17,18-13-7-3-8-14-18)19-15-9-4-10-16-19;;;;/h2-16H,1H2;;3*1H/q;+3;;;/p-3. The molecule has 0 amide bonds. The molecule has 0 unspecified atom stereocenters. The van der Waals surface area contributed by atoms with Crippen molar-refractivity contribution in [2.45, 2.75) is 0 Å². The van der Waals surface area contributed by atoms with Gasteiger partial charge in [-0.05, 0) is 43.7 Å². The fraction of sp³-hybridized carbons (Fsp3) is 0. The van der Waals surface area contributed by atoms with E-state index in [2.05, 4.69) is 91.0 Å². The predicted molar refractivity (Wildman–Crippen MR) is 108 cm³/mol. The third-order valence-electron chi connectivity index (χ3n) is 3.59. The van der Waals surface area contributed by atoms with E-state index in [9.17, 15) is 0 Å². The summed E-state index contributed by atoms with van der Waals surface area (Å²) in [5.74, 6) is 0. The minimum absolute atomic E-state index is 1.32. The van der Waals surface area contributed by atoms with E-state index >= 15 is 0 Å². The third-order valence-corrected chi connectivity index (χ3v) is 7.13. The van der Waals surface area contributed by atoms with Crippen LogP contribution < -0.4 is 15.9 Å². The Kier molecular flexibility index (Phi) is 8.34. The molecule has 130 valence electrons. The minimum atomic E-state index is -1.79. The van der Waals surface area contributed by atoms with Crippen molar-refractivity contribution in [3.8, 4) is 0 Å². The molecule has 0 radical (unpaired) electrons. The van der Waals surface area contributed by atoms with Gasteiger partial charge in [-0.3, -0.25) is 0 Å². The number of benzene rings is 3. The first kappa shape index (κ1) is 20.0. The van der Waals surface area contributed by atoms with Gasteiger partial charge >= 0.3 is 42.8 Å². The molecule has 3 aromatic rings. The zero-order valence-corrected chi connectivity index (χ0v) is 18.1. The molecule has 0 spiro atoms. The van der Waals surface area contributed by atoms with Crippen LogP contribution in [0.3, 0.4) is 0 Å². The Morgan fingerprint density at radius 1 is 0.542 bits per heavy atom. The summed E-state index contributed by atoms with van der Waals surface area (Å²) in [5, 5.41) is 3.95. The van der Waals surface area contributed by atoms with Crippen molar-refractivity contribution >= 4 is 50.7 Å². The maximum absolute atomic E-state index is 4.95. The second-order valence-electron chi connectivity index (χ2n) is 4.95. The van der Waals surface area contributed by atoms with Crippen LogP contribution in [0.2, 0.25) is 0 Å². The van der Waals surface area contributed by atoms with Gasteiger partial charge in [0, 0.05) is 0 Å². The molecule has 0 aliphatic carbocycles. The number of rotatable bonds is 3. The summed E-state index contributed by atoms with van der Waals surface area (Å²) in [6.07, 6.45) is 0. The monoisotopic (exact) mass is 578 g/mol. The molecule has 0 atom stereocenters. The van der Waals surface area contributed by atoms with Crippen LogP contribution in [0.25, 0.3) is 0 Å². The molecule has 0 saturated heterocycles. The van der Waals surface area contributed by atoms with Gasteiger partial charge in [-0.1, -0.05) is 54.6 Å². The zero-order valence-electron chi connectivity index (χ0n) is 12.7. The molecule has 24 heavy (non-hydrogen) atoms. The Morgan fingerprint density at radius 2 is 0.750 bits per heavy atom. The third kappa shape index (κ3) is 5.35. The van der Waals surface area contributed by atoms with Crippen LogP contribution in [-0.2, 0) is 15.2 Å². The number of hydrogen-bond donors (Lipinski definition) is 0. The summed E-state index contributed by atoms with van der Waals surface area (Å²) in [7, 11) is 13.1. The van der Waals surface area contributed by atoms with E-state index in [-0.39, 0.29) is 0 Å². The van der Waals surface area contributed by atoms with Crippen molar-refractivity contribution in [1.82, 2.24) is 0 Å². The molecule has 0 aromatic heterocycles. The van der Waals surface area contributed by atoms with E-state index in [4.69, 9.17) is 34.2 Å². The molecule has 0 nitrogen and oxygen atoms in total. The molecule has 0 fully saturated rings. The summed E-state index contributed by atoms with van der Waals surface area (Å²) in [5.41, 5.74) is 0. The summed E-state index contributed by atoms with van der Waals surface area (Å²) >= 11 is -1.79. The van der Waals surface area contributed by atoms with E-state index in [0.29, 0.717) is 0 Å². The van der Waals surface area contributed by atoms with Gasteiger partial charge in [-0.2, -0.15) is 6.66 Å². The fourth-order valence-electron chi connectivity index (χ4n) is 2.49. The van der Waals surface area contributed by atoms with Crippen LogP contribution >= 0.6 is 34.8 Å². The summed E-state index contributed by atoms with van der Waals surface area (Å²) in [6.45, 7) is 4.69. The average molecular weight is 580 g/mol. The normalized spacial score (nSPS) is 11.2. The first-order valence-corrected chi connectivity index (χ1v) is 17.1. The quantitative estimate of drug-likeness (QED) is 0.208. The van der Waals surface area contributed by atoms with Gasteiger partial charge in [0.25, 0.3) is 0 Å². The number of halogens is 3.